The van der Waals surface area contributed by atoms with Crippen LogP contribution < -0.4 is 10.6 Å². The summed E-state index contributed by atoms with van der Waals surface area (Å²) < 4.78 is 7.75. The highest BCUT2D eigenvalue weighted by Crippen LogP contribution is 2.15. The molecule has 0 radical (unpaired) electrons. The molecule has 0 bridgehead atoms. The van der Waals surface area contributed by atoms with Gasteiger partial charge in [-0.05, 0) is 25.8 Å². The Morgan fingerprint density at radius 2 is 2.04 bits per heavy atom. The molecule has 0 aliphatic heterocycles. The van der Waals surface area contributed by atoms with Crippen molar-refractivity contribution in [2.45, 2.75) is 32.9 Å². The predicted octanol–water partition coefficient (Wildman–Crippen LogP) is 2.66. The minimum absolute atomic E-state index is 0. The molecule has 144 valence electrons. The molecule has 2 aromatic rings. The second-order valence-electron chi connectivity index (χ2n) is 5.76. The molecule has 0 saturated heterocycles. The molecule has 2 rings (SSSR count). The lowest BCUT2D eigenvalue weighted by atomic mass is 10.1. The van der Waals surface area contributed by atoms with E-state index in [-0.39, 0.29) is 30.1 Å². The zero-order valence-electron chi connectivity index (χ0n) is 15.7. The number of nitrogens with one attached hydrogen (secondary N) is 2. The van der Waals surface area contributed by atoms with E-state index in [9.17, 15) is 0 Å². The summed E-state index contributed by atoms with van der Waals surface area (Å²) in [6.07, 6.45) is 2.70. The standard InChI is InChI=1S/C18H28N6O.HI/c1-4-19-18(21-13-17-23-22-14-24(17)3)20-11-8-12-25-15(2)16-9-6-5-7-10-16;/h5-7,9-10,14-15H,4,8,11-13H2,1-3H3,(H2,19,20,21);1H. The van der Waals surface area contributed by atoms with E-state index in [1.807, 2.05) is 36.7 Å². The minimum Gasteiger partial charge on any atom is -0.374 e. The van der Waals surface area contributed by atoms with Crippen molar-refractivity contribution in [2.75, 3.05) is 19.7 Å². The van der Waals surface area contributed by atoms with Crippen LogP contribution in [0, 0.1) is 0 Å². The summed E-state index contributed by atoms with van der Waals surface area (Å²) in [5.74, 6) is 1.61. The van der Waals surface area contributed by atoms with Crippen LogP contribution in [0.2, 0.25) is 0 Å². The Bertz CT molecular complexity index is 646. The van der Waals surface area contributed by atoms with Gasteiger partial charge in [-0.2, -0.15) is 0 Å². The van der Waals surface area contributed by atoms with E-state index < -0.39 is 0 Å². The number of rotatable bonds is 9. The Hall–Kier alpha value is -1.68. The summed E-state index contributed by atoms with van der Waals surface area (Å²) in [5.41, 5.74) is 1.20. The number of nitrogens with zero attached hydrogens (tertiary/aromatic N) is 4. The van der Waals surface area contributed by atoms with Gasteiger partial charge in [0.05, 0.1) is 6.10 Å². The van der Waals surface area contributed by atoms with E-state index in [4.69, 9.17) is 4.74 Å². The van der Waals surface area contributed by atoms with Gasteiger partial charge in [-0.3, -0.25) is 0 Å². The average Bonchev–Trinajstić information content (AvgIpc) is 3.04. The Balaban J connectivity index is 0.00000338. The first-order valence-electron chi connectivity index (χ1n) is 8.72. The van der Waals surface area contributed by atoms with Gasteiger partial charge in [0, 0.05) is 26.7 Å². The van der Waals surface area contributed by atoms with Gasteiger partial charge in [0.15, 0.2) is 11.8 Å². The molecular weight excluding hydrogens is 443 g/mol. The van der Waals surface area contributed by atoms with Gasteiger partial charge in [0.25, 0.3) is 0 Å². The number of aryl methyl sites for hydroxylation is 1. The van der Waals surface area contributed by atoms with Gasteiger partial charge < -0.3 is 19.9 Å². The number of halogens is 1. The summed E-state index contributed by atoms with van der Waals surface area (Å²) in [6.45, 7) is 6.93. The number of aromatic nitrogens is 3. The summed E-state index contributed by atoms with van der Waals surface area (Å²) in [5, 5.41) is 14.4. The molecule has 1 unspecified atom stereocenters. The molecule has 0 saturated carbocycles. The Kier molecular flexibility index (Phi) is 10.9. The zero-order valence-corrected chi connectivity index (χ0v) is 18.0. The third-order valence-corrected chi connectivity index (χ3v) is 3.78. The number of benzene rings is 1. The highest BCUT2D eigenvalue weighted by molar-refractivity contribution is 14.0. The van der Waals surface area contributed by atoms with E-state index in [1.54, 1.807) is 6.33 Å². The monoisotopic (exact) mass is 472 g/mol. The van der Waals surface area contributed by atoms with Crippen LogP contribution in [0.1, 0.15) is 37.8 Å². The van der Waals surface area contributed by atoms with Crippen LogP contribution in [0.5, 0.6) is 0 Å². The van der Waals surface area contributed by atoms with Crippen molar-refractivity contribution >= 4 is 29.9 Å². The molecule has 26 heavy (non-hydrogen) atoms. The molecule has 7 nitrogen and oxygen atoms in total. The average molecular weight is 472 g/mol. The lowest BCUT2D eigenvalue weighted by Gasteiger charge is -2.14. The van der Waals surface area contributed by atoms with Gasteiger partial charge in [0.1, 0.15) is 12.9 Å². The number of hydrogen-bond donors (Lipinski definition) is 2. The summed E-state index contributed by atoms with van der Waals surface area (Å²) in [4.78, 5) is 4.53. The van der Waals surface area contributed by atoms with E-state index in [0.29, 0.717) is 13.2 Å². The van der Waals surface area contributed by atoms with Crippen molar-refractivity contribution < 1.29 is 4.74 Å². The van der Waals surface area contributed by atoms with Crippen molar-refractivity contribution in [3.8, 4) is 0 Å². The maximum absolute atomic E-state index is 5.88. The second-order valence-corrected chi connectivity index (χ2v) is 5.76. The highest BCUT2D eigenvalue weighted by atomic mass is 127. The maximum atomic E-state index is 5.88. The van der Waals surface area contributed by atoms with Crippen LogP contribution in [0.3, 0.4) is 0 Å². The lowest BCUT2D eigenvalue weighted by Crippen LogP contribution is -2.38. The normalized spacial score (nSPS) is 12.3. The van der Waals surface area contributed by atoms with Crippen molar-refractivity contribution in [1.29, 1.82) is 0 Å². The molecule has 1 aromatic heterocycles. The van der Waals surface area contributed by atoms with Gasteiger partial charge in [-0.25, -0.2) is 4.99 Å². The van der Waals surface area contributed by atoms with Gasteiger partial charge in [0.2, 0.25) is 0 Å². The molecule has 1 aromatic carbocycles. The smallest absolute Gasteiger partial charge is 0.191 e. The van der Waals surface area contributed by atoms with E-state index in [1.165, 1.54) is 5.56 Å². The molecule has 0 amide bonds. The van der Waals surface area contributed by atoms with Crippen LogP contribution in [0.4, 0.5) is 0 Å². The molecule has 0 aliphatic carbocycles. The maximum Gasteiger partial charge on any atom is 0.191 e. The van der Waals surface area contributed by atoms with E-state index in [0.717, 1.165) is 31.3 Å². The largest absolute Gasteiger partial charge is 0.374 e. The first-order chi connectivity index (χ1) is 12.2. The van der Waals surface area contributed by atoms with Crippen molar-refractivity contribution in [3.05, 3.63) is 48.0 Å². The predicted molar refractivity (Wildman–Crippen MR) is 115 cm³/mol. The number of ether oxygens (including phenoxy) is 1. The molecule has 0 fully saturated rings. The minimum atomic E-state index is 0. The number of guanidine groups is 1. The third kappa shape index (κ3) is 7.69. The fourth-order valence-electron chi connectivity index (χ4n) is 2.30. The molecule has 0 aliphatic rings. The van der Waals surface area contributed by atoms with Gasteiger partial charge in [-0.15, -0.1) is 34.2 Å². The Morgan fingerprint density at radius 3 is 2.69 bits per heavy atom. The molecule has 0 spiro atoms. The van der Waals surface area contributed by atoms with Crippen LogP contribution in [0.15, 0.2) is 41.7 Å². The summed E-state index contributed by atoms with van der Waals surface area (Å²) in [6, 6.07) is 10.3. The van der Waals surface area contributed by atoms with Crippen molar-refractivity contribution in [1.82, 2.24) is 25.4 Å². The van der Waals surface area contributed by atoms with E-state index >= 15 is 0 Å². The first-order valence-corrected chi connectivity index (χ1v) is 8.72. The van der Waals surface area contributed by atoms with Crippen LogP contribution >= 0.6 is 24.0 Å². The third-order valence-electron chi connectivity index (χ3n) is 3.78. The summed E-state index contributed by atoms with van der Waals surface area (Å²) >= 11 is 0. The fraction of sp³-hybridized carbons (Fsp3) is 0.500. The first kappa shape index (κ1) is 22.4. The molecule has 1 heterocycles. The summed E-state index contributed by atoms with van der Waals surface area (Å²) in [7, 11) is 1.91. The molecule has 1 atom stereocenters. The van der Waals surface area contributed by atoms with Gasteiger partial charge >= 0.3 is 0 Å². The Labute approximate surface area is 172 Å². The Morgan fingerprint density at radius 1 is 1.27 bits per heavy atom. The van der Waals surface area contributed by atoms with Crippen LogP contribution in [-0.2, 0) is 18.3 Å². The topological polar surface area (TPSA) is 76.4 Å². The highest BCUT2D eigenvalue weighted by Gasteiger charge is 2.05. The fourth-order valence-corrected chi connectivity index (χ4v) is 2.30. The molecule has 2 N–H and O–H groups in total. The lowest BCUT2D eigenvalue weighted by molar-refractivity contribution is 0.0646. The van der Waals surface area contributed by atoms with Crippen molar-refractivity contribution in [2.24, 2.45) is 12.0 Å². The van der Waals surface area contributed by atoms with Crippen molar-refractivity contribution in [3.63, 3.8) is 0 Å². The van der Waals surface area contributed by atoms with Crippen LogP contribution in [-0.4, -0.2) is 40.4 Å². The van der Waals surface area contributed by atoms with Gasteiger partial charge in [-0.1, -0.05) is 30.3 Å². The number of hydrogen-bond acceptors (Lipinski definition) is 4. The second kappa shape index (κ2) is 12.6. The zero-order chi connectivity index (χ0) is 17.9. The SMILES string of the molecule is CCNC(=NCc1nncn1C)NCCCOC(C)c1ccccc1.I. The quantitative estimate of drug-likeness (QED) is 0.254. The number of aliphatic imine (C=N–C) groups is 1. The van der Waals surface area contributed by atoms with Crippen LogP contribution in [0.25, 0.3) is 0 Å². The van der Waals surface area contributed by atoms with E-state index in [2.05, 4.69) is 44.9 Å². The molecular formula is C18H29IN6O. The molecule has 8 heteroatoms.